The second kappa shape index (κ2) is 6.60. The van der Waals surface area contributed by atoms with E-state index in [1.165, 1.54) is 13.2 Å². The molecule has 0 saturated heterocycles. The molecule has 0 amide bonds. The van der Waals surface area contributed by atoms with Crippen LogP contribution in [0.1, 0.15) is 19.8 Å². The molecule has 0 spiro atoms. The van der Waals surface area contributed by atoms with Crippen LogP contribution in [-0.4, -0.2) is 37.0 Å². The summed E-state index contributed by atoms with van der Waals surface area (Å²) in [6, 6.07) is 6.64. The Morgan fingerprint density at radius 3 is 2.35 bits per heavy atom. The molecule has 7 heteroatoms. The number of carboxylic acids is 1. The average molecular weight is 317 g/mol. The second-order valence-electron chi connectivity index (χ2n) is 4.92. The van der Waals surface area contributed by atoms with Crippen molar-refractivity contribution < 1.29 is 18.3 Å². The molecule has 5 nitrogen and oxygen atoms in total. The summed E-state index contributed by atoms with van der Waals surface area (Å²) in [5, 5.41) is 8.88. The summed E-state index contributed by atoms with van der Waals surface area (Å²) < 4.78 is 22.6. The molecule has 1 atom stereocenters. The zero-order chi connectivity index (χ0) is 15.4. The molecule has 0 aliphatic heterocycles. The SMILES string of the molecule is CC(N)(CCCSc1ccc(S(C)(=O)=O)cc1)C(=O)O. The number of carboxylic acid groups (broad SMARTS) is 1. The molecule has 20 heavy (non-hydrogen) atoms. The van der Waals surface area contributed by atoms with E-state index in [0.29, 0.717) is 17.7 Å². The van der Waals surface area contributed by atoms with E-state index in [9.17, 15) is 13.2 Å². The van der Waals surface area contributed by atoms with Gasteiger partial charge >= 0.3 is 5.97 Å². The Balaban J connectivity index is 2.46. The van der Waals surface area contributed by atoms with Gasteiger partial charge in [-0.15, -0.1) is 11.8 Å². The van der Waals surface area contributed by atoms with Crippen LogP contribution >= 0.6 is 11.8 Å². The molecule has 1 unspecified atom stereocenters. The summed E-state index contributed by atoms with van der Waals surface area (Å²) in [6.07, 6.45) is 2.25. The number of carbonyl (C=O) groups is 1. The van der Waals surface area contributed by atoms with Crippen LogP contribution in [0.2, 0.25) is 0 Å². The summed E-state index contributed by atoms with van der Waals surface area (Å²) >= 11 is 1.55. The largest absolute Gasteiger partial charge is 0.480 e. The molecule has 112 valence electrons. The van der Waals surface area contributed by atoms with Crippen LogP contribution in [0.3, 0.4) is 0 Å². The standard InChI is InChI=1S/C13H19NO4S2/c1-13(14,12(15)16)8-3-9-19-10-4-6-11(7-5-10)20(2,17)18/h4-7H,3,8-9,14H2,1-2H3,(H,15,16). The first-order valence-electron chi connectivity index (χ1n) is 6.08. The Hall–Kier alpha value is -1.05. The molecule has 1 aromatic carbocycles. The Labute approximate surface area is 123 Å². The minimum absolute atomic E-state index is 0.294. The average Bonchev–Trinajstić information content (AvgIpc) is 2.34. The number of rotatable bonds is 7. The van der Waals surface area contributed by atoms with Gasteiger partial charge < -0.3 is 10.8 Å². The fourth-order valence-electron chi connectivity index (χ4n) is 1.52. The first kappa shape index (κ1) is 17.0. The van der Waals surface area contributed by atoms with Crippen LogP contribution in [0.25, 0.3) is 0 Å². The number of aliphatic carboxylic acids is 1. The van der Waals surface area contributed by atoms with Gasteiger partial charge in [0.25, 0.3) is 0 Å². The number of thioether (sulfide) groups is 1. The van der Waals surface area contributed by atoms with E-state index in [-0.39, 0.29) is 0 Å². The maximum atomic E-state index is 11.3. The van der Waals surface area contributed by atoms with E-state index in [1.54, 1.807) is 36.0 Å². The number of nitrogens with two attached hydrogens (primary N) is 1. The predicted molar refractivity (Wildman–Crippen MR) is 79.7 cm³/mol. The lowest BCUT2D eigenvalue weighted by Crippen LogP contribution is -2.44. The number of benzene rings is 1. The van der Waals surface area contributed by atoms with Crippen LogP contribution in [0, 0.1) is 0 Å². The molecule has 0 aromatic heterocycles. The van der Waals surface area contributed by atoms with Gasteiger partial charge in [0.2, 0.25) is 0 Å². The quantitative estimate of drug-likeness (QED) is 0.587. The van der Waals surface area contributed by atoms with Crippen molar-refractivity contribution in [1.82, 2.24) is 0 Å². The third kappa shape index (κ3) is 5.15. The van der Waals surface area contributed by atoms with Crippen molar-refractivity contribution >= 4 is 27.6 Å². The zero-order valence-corrected chi connectivity index (χ0v) is 13.1. The van der Waals surface area contributed by atoms with Crippen molar-refractivity contribution in [3.05, 3.63) is 24.3 Å². The molecule has 0 saturated carbocycles. The van der Waals surface area contributed by atoms with Crippen LogP contribution in [0.4, 0.5) is 0 Å². The molecule has 0 bridgehead atoms. The second-order valence-corrected chi connectivity index (χ2v) is 8.10. The third-order valence-electron chi connectivity index (χ3n) is 2.85. The molecular formula is C13H19NO4S2. The smallest absolute Gasteiger partial charge is 0.323 e. The molecule has 3 N–H and O–H groups in total. The Kier molecular flexibility index (Phi) is 5.61. The normalized spacial score (nSPS) is 14.8. The summed E-state index contributed by atoms with van der Waals surface area (Å²) in [6.45, 7) is 1.50. The number of hydrogen-bond donors (Lipinski definition) is 2. The molecule has 0 aliphatic carbocycles. The van der Waals surface area contributed by atoms with Gasteiger partial charge in [-0.3, -0.25) is 4.79 Å². The number of sulfone groups is 1. The summed E-state index contributed by atoms with van der Waals surface area (Å²) in [5.74, 6) is -0.266. The van der Waals surface area contributed by atoms with E-state index in [4.69, 9.17) is 10.8 Å². The summed E-state index contributed by atoms with van der Waals surface area (Å²) in [5.41, 5.74) is 4.44. The zero-order valence-electron chi connectivity index (χ0n) is 11.5. The van der Waals surface area contributed by atoms with Gasteiger partial charge in [-0.25, -0.2) is 8.42 Å². The van der Waals surface area contributed by atoms with Gasteiger partial charge in [0.05, 0.1) is 4.90 Å². The van der Waals surface area contributed by atoms with Gasteiger partial charge in [-0.2, -0.15) is 0 Å². The highest BCUT2D eigenvalue weighted by atomic mass is 32.2. The van der Waals surface area contributed by atoms with Crippen LogP contribution < -0.4 is 5.73 Å². The summed E-state index contributed by atoms with van der Waals surface area (Å²) in [4.78, 5) is 12.1. The first-order chi connectivity index (χ1) is 9.13. The highest BCUT2D eigenvalue weighted by Crippen LogP contribution is 2.22. The lowest BCUT2D eigenvalue weighted by molar-refractivity contribution is -0.142. The highest BCUT2D eigenvalue weighted by Gasteiger charge is 2.26. The molecule has 1 aromatic rings. The minimum atomic E-state index is -3.16. The molecule has 0 heterocycles. The van der Waals surface area contributed by atoms with Crippen LogP contribution in [0.5, 0.6) is 0 Å². The molecule has 1 rings (SSSR count). The Morgan fingerprint density at radius 2 is 1.90 bits per heavy atom. The van der Waals surface area contributed by atoms with Crippen molar-refractivity contribution in [2.24, 2.45) is 5.73 Å². The Morgan fingerprint density at radius 1 is 1.35 bits per heavy atom. The van der Waals surface area contributed by atoms with Gasteiger partial charge in [-0.05, 0) is 49.8 Å². The van der Waals surface area contributed by atoms with Gasteiger partial charge in [0.1, 0.15) is 5.54 Å². The van der Waals surface area contributed by atoms with E-state index in [1.807, 2.05) is 0 Å². The fourth-order valence-corrected chi connectivity index (χ4v) is 3.00. The van der Waals surface area contributed by atoms with Crippen molar-refractivity contribution in [1.29, 1.82) is 0 Å². The van der Waals surface area contributed by atoms with Crippen molar-refractivity contribution in [2.45, 2.75) is 35.1 Å². The van der Waals surface area contributed by atoms with Crippen LogP contribution in [-0.2, 0) is 14.6 Å². The summed E-state index contributed by atoms with van der Waals surface area (Å²) in [7, 11) is -3.16. The molecular weight excluding hydrogens is 298 g/mol. The first-order valence-corrected chi connectivity index (χ1v) is 8.96. The van der Waals surface area contributed by atoms with Crippen molar-refractivity contribution in [3.63, 3.8) is 0 Å². The maximum Gasteiger partial charge on any atom is 0.323 e. The van der Waals surface area contributed by atoms with E-state index in [0.717, 1.165) is 10.6 Å². The van der Waals surface area contributed by atoms with E-state index < -0.39 is 21.3 Å². The van der Waals surface area contributed by atoms with Gasteiger partial charge in [0, 0.05) is 11.2 Å². The highest BCUT2D eigenvalue weighted by molar-refractivity contribution is 7.99. The van der Waals surface area contributed by atoms with Crippen molar-refractivity contribution in [2.75, 3.05) is 12.0 Å². The van der Waals surface area contributed by atoms with Gasteiger partial charge in [0.15, 0.2) is 9.84 Å². The molecule has 0 radical (unpaired) electrons. The van der Waals surface area contributed by atoms with E-state index in [2.05, 4.69) is 0 Å². The molecule has 0 aliphatic rings. The number of hydrogen-bond acceptors (Lipinski definition) is 5. The Bertz CT molecular complexity index is 565. The lowest BCUT2D eigenvalue weighted by atomic mass is 9.98. The van der Waals surface area contributed by atoms with Crippen molar-refractivity contribution in [3.8, 4) is 0 Å². The maximum absolute atomic E-state index is 11.3. The van der Waals surface area contributed by atoms with Crippen LogP contribution in [0.15, 0.2) is 34.1 Å². The lowest BCUT2D eigenvalue weighted by Gasteiger charge is -2.18. The van der Waals surface area contributed by atoms with Gasteiger partial charge in [-0.1, -0.05) is 0 Å². The third-order valence-corrected chi connectivity index (χ3v) is 5.08. The molecule has 0 fully saturated rings. The predicted octanol–water partition coefficient (Wildman–Crippen LogP) is 1.76. The minimum Gasteiger partial charge on any atom is -0.480 e. The monoisotopic (exact) mass is 317 g/mol. The topological polar surface area (TPSA) is 97.5 Å². The fraction of sp³-hybridized carbons (Fsp3) is 0.462. The van der Waals surface area contributed by atoms with E-state index >= 15 is 0 Å².